The zero-order valence-corrected chi connectivity index (χ0v) is 12.7. The van der Waals surface area contributed by atoms with E-state index in [0.717, 1.165) is 17.7 Å². The van der Waals surface area contributed by atoms with Gasteiger partial charge in [-0.05, 0) is 24.0 Å². The number of ether oxygens (including phenoxy) is 1. The fourth-order valence-electron chi connectivity index (χ4n) is 2.26. The van der Waals surface area contributed by atoms with Gasteiger partial charge in [-0.2, -0.15) is 0 Å². The van der Waals surface area contributed by atoms with E-state index in [-0.39, 0.29) is 5.78 Å². The van der Waals surface area contributed by atoms with Crippen LogP contribution in [0.3, 0.4) is 0 Å². The van der Waals surface area contributed by atoms with Crippen molar-refractivity contribution >= 4 is 5.78 Å². The molecule has 2 heteroatoms. The van der Waals surface area contributed by atoms with Gasteiger partial charge in [-0.3, -0.25) is 4.79 Å². The molecule has 0 bridgehead atoms. The van der Waals surface area contributed by atoms with Crippen molar-refractivity contribution in [2.45, 2.75) is 32.6 Å². The first kappa shape index (κ1) is 15.3. The highest BCUT2D eigenvalue weighted by molar-refractivity contribution is 5.96. The molecule has 110 valence electrons. The van der Waals surface area contributed by atoms with Gasteiger partial charge < -0.3 is 4.74 Å². The maximum absolute atomic E-state index is 12.0. The lowest BCUT2D eigenvalue weighted by molar-refractivity contribution is 0.0962. The lowest BCUT2D eigenvalue weighted by atomic mass is 9.98. The standard InChI is InChI=1S/C19H22O2/c1-3-15(2)17-11-7-8-12-19(17)21-14-13-18(20)16-9-5-4-6-10-16/h4-12,15H,3,13-14H2,1-2H3. The fraction of sp³-hybridized carbons (Fsp3) is 0.316. The molecular formula is C19H22O2. The van der Waals surface area contributed by atoms with Crippen molar-refractivity contribution in [1.82, 2.24) is 0 Å². The van der Waals surface area contributed by atoms with Crippen LogP contribution in [-0.4, -0.2) is 12.4 Å². The number of benzene rings is 2. The van der Waals surface area contributed by atoms with Crippen LogP contribution in [0.15, 0.2) is 54.6 Å². The average molecular weight is 282 g/mol. The third-order valence-electron chi connectivity index (χ3n) is 3.74. The lowest BCUT2D eigenvalue weighted by Gasteiger charge is -2.15. The minimum atomic E-state index is 0.122. The van der Waals surface area contributed by atoms with E-state index in [2.05, 4.69) is 19.9 Å². The molecule has 0 N–H and O–H groups in total. The van der Waals surface area contributed by atoms with Crippen LogP contribution in [0.1, 0.15) is 48.5 Å². The molecule has 0 fully saturated rings. The maximum Gasteiger partial charge on any atom is 0.166 e. The van der Waals surface area contributed by atoms with Gasteiger partial charge in [-0.1, -0.05) is 62.4 Å². The largest absolute Gasteiger partial charge is 0.493 e. The molecule has 0 amide bonds. The highest BCUT2D eigenvalue weighted by Crippen LogP contribution is 2.28. The number of hydrogen-bond donors (Lipinski definition) is 0. The van der Waals surface area contributed by atoms with Crippen molar-refractivity contribution in [3.05, 3.63) is 65.7 Å². The molecule has 2 aromatic carbocycles. The van der Waals surface area contributed by atoms with Crippen LogP contribution in [0.2, 0.25) is 0 Å². The zero-order chi connectivity index (χ0) is 15.1. The maximum atomic E-state index is 12.0. The molecule has 0 aliphatic heterocycles. The topological polar surface area (TPSA) is 26.3 Å². The van der Waals surface area contributed by atoms with Crippen molar-refractivity contribution in [3.8, 4) is 5.75 Å². The first-order chi connectivity index (χ1) is 10.2. The highest BCUT2D eigenvalue weighted by atomic mass is 16.5. The summed E-state index contributed by atoms with van der Waals surface area (Å²) >= 11 is 0. The average Bonchev–Trinajstić information content (AvgIpc) is 2.55. The Balaban J connectivity index is 1.94. The SMILES string of the molecule is CCC(C)c1ccccc1OCCC(=O)c1ccccc1. The van der Waals surface area contributed by atoms with Crippen molar-refractivity contribution < 1.29 is 9.53 Å². The Morgan fingerprint density at radius 1 is 1.05 bits per heavy atom. The van der Waals surface area contributed by atoms with Crippen molar-refractivity contribution in [3.63, 3.8) is 0 Å². The minimum absolute atomic E-state index is 0.122. The van der Waals surface area contributed by atoms with Gasteiger partial charge in [0, 0.05) is 12.0 Å². The molecule has 1 unspecified atom stereocenters. The molecule has 2 aromatic rings. The molecule has 0 aromatic heterocycles. The first-order valence-corrected chi connectivity index (χ1v) is 7.52. The van der Waals surface area contributed by atoms with Gasteiger partial charge in [0.25, 0.3) is 0 Å². The van der Waals surface area contributed by atoms with Gasteiger partial charge in [0.05, 0.1) is 6.61 Å². The van der Waals surface area contributed by atoms with Crippen LogP contribution in [0.5, 0.6) is 5.75 Å². The Labute approximate surface area is 126 Å². The summed E-state index contributed by atoms with van der Waals surface area (Å²) in [6.45, 7) is 4.78. The number of carbonyl (C=O) groups is 1. The van der Waals surface area contributed by atoms with Crippen LogP contribution in [0, 0.1) is 0 Å². The third kappa shape index (κ3) is 4.19. The van der Waals surface area contributed by atoms with Crippen molar-refractivity contribution in [1.29, 1.82) is 0 Å². The van der Waals surface area contributed by atoms with Gasteiger partial charge >= 0.3 is 0 Å². The van der Waals surface area contributed by atoms with Gasteiger partial charge in [-0.15, -0.1) is 0 Å². The van der Waals surface area contributed by atoms with E-state index in [1.165, 1.54) is 5.56 Å². The Bertz CT molecular complexity index is 575. The summed E-state index contributed by atoms with van der Waals surface area (Å²) in [5.41, 5.74) is 1.96. The monoisotopic (exact) mass is 282 g/mol. The van der Waals surface area contributed by atoms with Gasteiger partial charge in [0.15, 0.2) is 5.78 Å². The second-order valence-electron chi connectivity index (χ2n) is 5.23. The molecule has 0 saturated heterocycles. The number of Topliss-reactive ketones (excluding diaryl/α,β-unsaturated/α-hetero) is 1. The Kier molecular flexibility index (Phi) is 5.56. The van der Waals surface area contributed by atoms with E-state index < -0.39 is 0 Å². The molecule has 0 heterocycles. The summed E-state index contributed by atoms with van der Waals surface area (Å²) in [6.07, 6.45) is 1.47. The molecule has 0 aliphatic carbocycles. The summed E-state index contributed by atoms with van der Waals surface area (Å²) in [7, 11) is 0. The van der Waals surface area contributed by atoms with E-state index in [1.807, 2.05) is 48.5 Å². The molecule has 2 rings (SSSR count). The Morgan fingerprint density at radius 3 is 2.43 bits per heavy atom. The molecule has 1 atom stereocenters. The lowest BCUT2D eigenvalue weighted by Crippen LogP contribution is -2.08. The van der Waals surface area contributed by atoms with Gasteiger partial charge in [0.1, 0.15) is 5.75 Å². The predicted molar refractivity (Wildman–Crippen MR) is 86.0 cm³/mol. The van der Waals surface area contributed by atoms with Crippen LogP contribution in [-0.2, 0) is 0 Å². The molecular weight excluding hydrogens is 260 g/mol. The van der Waals surface area contributed by atoms with Crippen molar-refractivity contribution in [2.24, 2.45) is 0 Å². The predicted octanol–water partition coefficient (Wildman–Crippen LogP) is 4.85. The highest BCUT2D eigenvalue weighted by Gasteiger charge is 2.10. The van der Waals surface area contributed by atoms with E-state index in [1.54, 1.807) is 0 Å². The second kappa shape index (κ2) is 7.63. The Hall–Kier alpha value is -2.09. The van der Waals surface area contributed by atoms with Crippen LogP contribution in [0.4, 0.5) is 0 Å². The summed E-state index contributed by atoms with van der Waals surface area (Å²) < 4.78 is 5.83. The third-order valence-corrected chi connectivity index (χ3v) is 3.74. The first-order valence-electron chi connectivity index (χ1n) is 7.52. The van der Waals surface area contributed by atoms with E-state index >= 15 is 0 Å². The van der Waals surface area contributed by atoms with Crippen LogP contribution in [0.25, 0.3) is 0 Å². The van der Waals surface area contributed by atoms with Crippen LogP contribution < -0.4 is 4.74 Å². The summed E-state index contributed by atoms with van der Waals surface area (Å²) in [5.74, 6) is 1.48. The summed E-state index contributed by atoms with van der Waals surface area (Å²) in [5, 5.41) is 0. The zero-order valence-electron chi connectivity index (χ0n) is 12.7. The molecule has 2 nitrogen and oxygen atoms in total. The molecule has 0 spiro atoms. The normalized spacial score (nSPS) is 11.9. The summed E-state index contributed by atoms with van der Waals surface area (Å²) in [6, 6.07) is 17.4. The minimum Gasteiger partial charge on any atom is -0.493 e. The molecule has 21 heavy (non-hydrogen) atoms. The number of carbonyl (C=O) groups excluding carboxylic acids is 1. The van der Waals surface area contributed by atoms with E-state index in [4.69, 9.17) is 4.74 Å². The van der Waals surface area contributed by atoms with Gasteiger partial charge in [-0.25, -0.2) is 0 Å². The molecule has 0 radical (unpaired) electrons. The van der Waals surface area contributed by atoms with E-state index in [0.29, 0.717) is 18.9 Å². The molecule has 0 saturated carbocycles. The second-order valence-corrected chi connectivity index (χ2v) is 5.23. The number of hydrogen-bond acceptors (Lipinski definition) is 2. The Morgan fingerprint density at radius 2 is 1.71 bits per heavy atom. The number of para-hydroxylation sites is 1. The number of ketones is 1. The fourth-order valence-corrected chi connectivity index (χ4v) is 2.26. The van der Waals surface area contributed by atoms with E-state index in [9.17, 15) is 4.79 Å². The number of rotatable bonds is 7. The van der Waals surface area contributed by atoms with Crippen LogP contribution >= 0.6 is 0 Å². The molecule has 0 aliphatic rings. The summed E-state index contributed by atoms with van der Waals surface area (Å²) in [4.78, 5) is 12.0. The quantitative estimate of drug-likeness (QED) is 0.678. The van der Waals surface area contributed by atoms with Gasteiger partial charge in [0.2, 0.25) is 0 Å². The smallest absolute Gasteiger partial charge is 0.166 e. The van der Waals surface area contributed by atoms with Crippen molar-refractivity contribution in [2.75, 3.05) is 6.61 Å².